The van der Waals surface area contributed by atoms with Crippen LogP contribution in [0.1, 0.15) is 95.0 Å². The summed E-state index contributed by atoms with van der Waals surface area (Å²) in [4.78, 5) is 69.1. The zero-order valence-corrected chi connectivity index (χ0v) is 35.3. The molecular formula is C45H56N8O7. The SMILES string of the molecule is CC[C@H](C)C(NC(=O)OC)C(=O)NCCCCc1ncc(-c2ccc3c(c2)Oc2ccc4c(ccc5[nH]c([C@@H]6CCCN6C(=O)[C@@H](NC(=O)OC)[C@@H](C)CC)nc54)c2C3)[nH]1. The minimum absolute atomic E-state index is 0.0262. The Morgan fingerprint density at radius 2 is 1.63 bits per heavy atom. The van der Waals surface area contributed by atoms with E-state index in [0.717, 1.165) is 112 Å². The number of carbonyl (C=O) groups is 4. The number of nitrogens with one attached hydrogen (secondary N) is 5. The Morgan fingerprint density at radius 1 is 0.900 bits per heavy atom. The fraction of sp³-hybridized carbons (Fsp3) is 0.467. The highest BCUT2D eigenvalue weighted by molar-refractivity contribution is 6.06. The van der Waals surface area contributed by atoms with Gasteiger partial charge in [0.15, 0.2) is 0 Å². The Balaban J connectivity index is 1.00. The van der Waals surface area contributed by atoms with Crippen molar-refractivity contribution in [1.82, 2.24) is 40.8 Å². The summed E-state index contributed by atoms with van der Waals surface area (Å²) >= 11 is 0. The number of fused-ring (bicyclic) bond motifs is 6. The lowest BCUT2D eigenvalue weighted by atomic mass is 9.93. The fourth-order valence-electron chi connectivity index (χ4n) is 8.27. The first kappa shape index (κ1) is 42.0. The van der Waals surface area contributed by atoms with E-state index < -0.39 is 24.3 Å². The van der Waals surface area contributed by atoms with E-state index in [1.54, 1.807) is 0 Å². The summed E-state index contributed by atoms with van der Waals surface area (Å²) in [5, 5.41) is 10.4. The summed E-state index contributed by atoms with van der Waals surface area (Å²) in [7, 11) is 2.59. The summed E-state index contributed by atoms with van der Waals surface area (Å²) in [6, 6.07) is 12.9. The van der Waals surface area contributed by atoms with E-state index in [1.807, 2.05) is 44.9 Å². The quantitative estimate of drug-likeness (QED) is 0.0655. The number of aromatic amines is 2. The van der Waals surface area contributed by atoms with Crippen LogP contribution in [0.3, 0.4) is 0 Å². The van der Waals surface area contributed by atoms with Gasteiger partial charge in [-0.1, -0.05) is 58.7 Å². The number of likely N-dealkylation sites (tertiary alicyclic amines) is 1. The van der Waals surface area contributed by atoms with Crippen molar-refractivity contribution in [2.24, 2.45) is 11.8 Å². The topological polar surface area (TPSA) is 193 Å². The summed E-state index contributed by atoms with van der Waals surface area (Å²) < 4.78 is 16.1. The normalized spacial score (nSPS) is 16.6. The van der Waals surface area contributed by atoms with Crippen LogP contribution in [0.15, 0.2) is 48.7 Å². The molecule has 0 spiro atoms. The molecule has 7 rings (SSSR count). The predicted octanol–water partition coefficient (Wildman–Crippen LogP) is 7.45. The molecule has 4 heterocycles. The molecule has 2 aliphatic heterocycles. The summed E-state index contributed by atoms with van der Waals surface area (Å²) in [6.45, 7) is 8.95. The highest BCUT2D eigenvalue weighted by atomic mass is 16.5. The van der Waals surface area contributed by atoms with Crippen LogP contribution in [0.5, 0.6) is 11.5 Å². The van der Waals surface area contributed by atoms with E-state index in [1.165, 1.54) is 14.2 Å². The van der Waals surface area contributed by atoms with Crippen molar-refractivity contribution >= 4 is 45.8 Å². The number of hydrogen-bond acceptors (Lipinski definition) is 9. The highest BCUT2D eigenvalue weighted by Gasteiger charge is 2.38. The standard InChI is InChI=1S/C45H56N8O7/c1-7-25(3)38(51-44(56)58-5)42(54)46-20-10-9-13-37-47-24-33(48-37)27-14-15-28-22-31-29-16-18-32-40(30(29)17-19-35(31)60-36(28)23-27)50-41(49-32)34-12-11-21-53(34)43(55)39(26(4)8-2)52-45(57)59-6/h14-19,23-26,34,38-39H,7-13,20-22H2,1-6H3,(H,46,54)(H,47,48)(H,49,50)(H,51,56)(H,52,57)/t25-,26-,34-,38?,39-/m0/s1. The third-order valence-electron chi connectivity index (χ3n) is 12.2. The van der Waals surface area contributed by atoms with Gasteiger partial charge in [-0.25, -0.2) is 19.6 Å². The number of H-pyrrole nitrogens is 2. The average Bonchev–Trinajstić information content (AvgIpc) is 4.06. The monoisotopic (exact) mass is 820 g/mol. The van der Waals surface area contributed by atoms with Crippen LogP contribution in [-0.4, -0.2) is 88.2 Å². The number of unbranched alkanes of at least 4 members (excludes halogenated alkanes) is 1. The molecule has 1 saturated heterocycles. The predicted molar refractivity (Wildman–Crippen MR) is 228 cm³/mol. The van der Waals surface area contributed by atoms with Gasteiger partial charge in [0, 0.05) is 42.4 Å². The minimum atomic E-state index is -0.686. The van der Waals surface area contributed by atoms with Gasteiger partial charge in [-0.05, 0) is 72.7 Å². The maximum absolute atomic E-state index is 13.9. The van der Waals surface area contributed by atoms with E-state index in [9.17, 15) is 19.2 Å². The molecule has 0 bridgehead atoms. The lowest BCUT2D eigenvalue weighted by Gasteiger charge is -2.30. The van der Waals surface area contributed by atoms with Gasteiger partial charge in [-0.2, -0.15) is 0 Å². The second kappa shape index (κ2) is 18.4. The summed E-state index contributed by atoms with van der Waals surface area (Å²) in [6.07, 6.45) is 6.70. The Bertz CT molecular complexity index is 2370. The molecule has 2 aromatic heterocycles. The number of carbonyl (C=O) groups excluding carboxylic acids is 4. The first-order chi connectivity index (χ1) is 29.0. The number of benzene rings is 3. The third-order valence-corrected chi connectivity index (χ3v) is 12.2. The summed E-state index contributed by atoms with van der Waals surface area (Å²) in [5.74, 6) is 2.78. The molecular weight excluding hydrogens is 765 g/mol. The van der Waals surface area contributed by atoms with Gasteiger partial charge in [-0.3, -0.25) is 9.59 Å². The molecule has 0 saturated carbocycles. The van der Waals surface area contributed by atoms with Crippen LogP contribution in [0, 0.1) is 11.8 Å². The number of nitrogens with zero attached hydrogens (tertiary/aromatic N) is 3. The van der Waals surface area contributed by atoms with Crippen molar-refractivity contribution < 1.29 is 33.4 Å². The first-order valence-corrected chi connectivity index (χ1v) is 21.1. The Labute approximate surface area is 349 Å². The number of imidazole rings is 2. The lowest BCUT2D eigenvalue weighted by molar-refractivity contribution is -0.135. The number of aryl methyl sites for hydroxylation is 1. The fourth-order valence-corrected chi connectivity index (χ4v) is 8.27. The number of methoxy groups -OCH3 is 2. The van der Waals surface area contributed by atoms with Crippen LogP contribution >= 0.6 is 0 Å². The maximum Gasteiger partial charge on any atom is 0.407 e. The first-order valence-electron chi connectivity index (χ1n) is 21.1. The van der Waals surface area contributed by atoms with Gasteiger partial charge in [-0.15, -0.1) is 0 Å². The van der Waals surface area contributed by atoms with E-state index in [0.29, 0.717) is 19.5 Å². The van der Waals surface area contributed by atoms with Crippen molar-refractivity contribution in [1.29, 1.82) is 0 Å². The zero-order chi connectivity index (χ0) is 42.5. The minimum Gasteiger partial charge on any atom is -0.457 e. The molecule has 15 heteroatoms. The van der Waals surface area contributed by atoms with Crippen molar-refractivity contribution in [3.63, 3.8) is 0 Å². The number of ether oxygens (including phenoxy) is 3. The van der Waals surface area contributed by atoms with E-state index in [-0.39, 0.29) is 29.7 Å². The number of alkyl carbamates (subject to hydrolysis) is 2. The van der Waals surface area contributed by atoms with E-state index in [4.69, 9.17) is 19.2 Å². The molecule has 318 valence electrons. The second-order valence-electron chi connectivity index (χ2n) is 16.0. The van der Waals surface area contributed by atoms with Gasteiger partial charge < -0.3 is 45.0 Å². The molecule has 15 nitrogen and oxygen atoms in total. The Hall–Kier alpha value is -6.12. The van der Waals surface area contributed by atoms with Gasteiger partial charge in [0.05, 0.1) is 43.2 Å². The Morgan fingerprint density at radius 3 is 2.38 bits per heavy atom. The van der Waals surface area contributed by atoms with Crippen molar-refractivity contribution in [3.8, 4) is 22.8 Å². The molecule has 3 aromatic carbocycles. The van der Waals surface area contributed by atoms with Crippen molar-refractivity contribution in [2.75, 3.05) is 27.3 Å². The molecule has 5 aromatic rings. The Kier molecular flexibility index (Phi) is 12.9. The molecule has 1 unspecified atom stereocenters. The average molecular weight is 821 g/mol. The van der Waals surface area contributed by atoms with Crippen molar-refractivity contribution in [2.45, 2.75) is 97.2 Å². The molecule has 1 fully saturated rings. The second-order valence-corrected chi connectivity index (χ2v) is 16.0. The van der Waals surface area contributed by atoms with E-state index >= 15 is 0 Å². The maximum atomic E-state index is 13.9. The smallest absolute Gasteiger partial charge is 0.407 e. The van der Waals surface area contributed by atoms with Crippen LogP contribution in [-0.2, 0) is 31.9 Å². The van der Waals surface area contributed by atoms with Gasteiger partial charge in [0.1, 0.15) is 35.2 Å². The lowest BCUT2D eigenvalue weighted by Crippen LogP contribution is -2.51. The molecule has 5 N–H and O–H groups in total. The number of hydrogen-bond donors (Lipinski definition) is 5. The highest BCUT2D eigenvalue weighted by Crippen LogP contribution is 2.43. The van der Waals surface area contributed by atoms with Gasteiger partial charge in [0.25, 0.3) is 0 Å². The van der Waals surface area contributed by atoms with Crippen LogP contribution in [0.4, 0.5) is 9.59 Å². The van der Waals surface area contributed by atoms with Crippen molar-refractivity contribution in [3.05, 3.63) is 71.4 Å². The summed E-state index contributed by atoms with van der Waals surface area (Å²) in [5.41, 5.74) is 5.79. The van der Waals surface area contributed by atoms with Crippen LogP contribution in [0.25, 0.3) is 33.1 Å². The molecule has 5 atom stereocenters. The van der Waals surface area contributed by atoms with Gasteiger partial charge in [0.2, 0.25) is 11.8 Å². The number of aromatic nitrogens is 4. The number of amides is 4. The van der Waals surface area contributed by atoms with E-state index in [2.05, 4.69) is 67.3 Å². The molecule has 4 amide bonds. The van der Waals surface area contributed by atoms with Crippen LogP contribution in [0.2, 0.25) is 0 Å². The zero-order valence-electron chi connectivity index (χ0n) is 35.3. The third kappa shape index (κ3) is 8.75. The van der Waals surface area contributed by atoms with Crippen LogP contribution < -0.4 is 20.7 Å². The molecule has 2 aliphatic rings. The molecule has 60 heavy (non-hydrogen) atoms. The number of rotatable bonds is 15. The molecule has 0 aliphatic carbocycles. The largest absolute Gasteiger partial charge is 0.457 e. The molecule has 0 radical (unpaired) electrons. The van der Waals surface area contributed by atoms with Gasteiger partial charge >= 0.3 is 12.2 Å².